The quantitative estimate of drug-likeness (QED) is 0.853. The minimum absolute atomic E-state index is 0.0425. The lowest BCUT2D eigenvalue weighted by atomic mass is 10.4. The summed E-state index contributed by atoms with van der Waals surface area (Å²) in [6.07, 6.45) is 0. The molecule has 1 aliphatic heterocycles. The number of carbonyl (C=O) groups is 2. The van der Waals surface area contributed by atoms with Crippen molar-refractivity contribution in [2.45, 2.75) is 6.54 Å². The lowest BCUT2D eigenvalue weighted by molar-refractivity contribution is -0.137. The van der Waals surface area contributed by atoms with E-state index in [-0.39, 0.29) is 18.4 Å². The van der Waals surface area contributed by atoms with Crippen LogP contribution in [0.3, 0.4) is 0 Å². The van der Waals surface area contributed by atoms with E-state index in [1.807, 2.05) is 12.1 Å². The molecular formula is C11H13ClN2O2S2. The fourth-order valence-corrected chi connectivity index (χ4v) is 3.63. The summed E-state index contributed by atoms with van der Waals surface area (Å²) >= 11 is 8.84. The van der Waals surface area contributed by atoms with E-state index in [1.54, 1.807) is 28.6 Å². The first-order chi connectivity index (χ1) is 8.56. The molecule has 0 spiro atoms. The third kappa shape index (κ3) is 3.40. The summed E-state index contributed by atoms with van der Waals surface area (Å²) in [4.78, 5) is 27.6. The summed E-state index contributed by atoms with van der Waals surface area (Å²) in [7, 11) is 1.74. The number of hydrogen-bond acceptors (Lipinski definition) is 4. The van der Waals surface area contributed by atoms with Crippen molar-refractivity contribution in [3.63, 3.8) is 0 Å². The molecule has 7 heteroatoms. The second kappa shape index (κ2) is 5.95. The highest BCUT2D eigenvalue weighted by Gasteiger charge is 2.24. The van der Waals surface area contributed by atoms with Crippen molar-refractivity contribution in [3.8, 4) is 0 Å². The smallest absolute Gasteiger partial charge is 0.242 e. The number of halogens is 1. The Bertz CT molecular complexity index is 464. The minimum atomic E-state index is -0.0460. The molecule has 1 aliphatic rings. The number of thioether (sulfide) groups is 1. The summed E-state index contributed by atoms with van der Waals surface area (Å²) in [5.41, 5.74) is 0. The number of hydrogen-bond donors (Lipinski definition) is 0. The Hall–Kier alpha value is -0.720. The van der Waals surface area contributed by atoms with Gasteiger partial charge in [0.15, 0.2) is 0 Å². The molecule has 1 aromatic heterocycles. The van der Waals surface area contributed by atoms with Crippen molar-refractivity contribution in [1.29, 1.82) is 0 Å². The van der Waals surface area contributed by atoms with Gasteiger partial charge in [0.2, 0.25) is 11.8 Å². The van der Waals surface area contributed by atoms with Crippen LogP contribution in [0.2, 0.25) is 4.34 Å². The van der Waals surface area contributed by atoms with Crippen LogP contribution in [0.4, 0.5) is 0 Å². The Morgan fingerprint density at radius 3 is 2.89 bits per heavy atom. The lowest BCUT2D eigenvalue weighted by Crippen LogP contribution is -2.38. The molecular weight excluding hydrogens is 292 g/mol. The molecule has 1 saturated heterocycles. The Balaban J connectivity index is 1.86. The van der Waals surface area contributed by atoms with Crippen LogP contribution < -0.4 is 0 Å². The predicted molar refractivity (Wildman–Crippen MR) is 74.8 cm³/mol. The number of nitrogens with zero attached hydrogens (tertiary/aromatic N) is 2. The molecule has 1 fully saturated rings. The summed E-state index contributed by atoms with van der Waals surface area (Å²) in [6.45, 7) is 0.701. The van der Waals surface area contributed by atoms with Gasteiger partial charge in [-0.2, -0.15) is 0 Å². The van der Waals surface area contributed by atoms with Gasteiger partial charge in [-0.05, 0) is 12.1 Å². The van der Waals surface area contributed by atoms with Crippen molar-refractivity contribution in [2.24, 2.45) is 0 Å². The number of thiophene rings is 1. The minimum Gasteiger partial charge on any atom is -0.339 e. The SMILES string of the molecule is CN(Cc1ccc(Cl)s1)C(=O)CN1CSCC1=O. The largest absolute Gasteiger partial charge is 0.339 e. The van der Waals surface area contributed by atoms with Crippen LogP contribution >= 0.6 is 34.7 Å². The molecule has 0 saturated carbocycles. The highest BCUT2D eigenvalue weighted by molar-refractivity contribution is 8.00. The maximum Gasteiger partial charge on any atom is 0.242 e. The van der Waals surface area contributed by atoms with Gasteiger partial charge in [-0.1, -0.05) is 11.6 Å². The topological polar surface area (TPSA) is 40.6 Å². The molecule has 0 atom stereocenters. The predicted octanol–water partition coefficient (Wildman–Crippen LogP) is 1.89. The van der Waals surface area contributed by atoms with Gasteiger partial charge in [0.25, 0.3) is 0 Å². The van der Waals surface area contributed by atoms with Gasteiger partial charge in [-0.15, -0.1) is 23.1 Å². The first kappa shape index (κ1) is 13.7. The molecule has 1 aromatic rings. The van der Waals surface area contributed by atoms with Gasteiger partial charge >= 0.3 is 0 Å². The maximum absolute atomic E-state index is 12.0. The first-order valence-electron chi connectivity index (χ1n) is 5.40. The van der Waals surface area contributed by atoms with E-state index < -0.39 is 0 Å². The van der Waals surface area contributed by atoms with Crippen molar-refractivity contribution >= 4 is 46.5 Å². The zero-order valence-electron chi connectivity index (χ0n) is 9.89. The second-order valence-corrected chi connectivity index (χ2v) is 6.78. The van der Waals surface area contributed by atoms with E-state index in [0.29, 0.717) is 18.2 Å². The number of rotatable bonds is 4. The molecule has 2 amide bonds. The molecule has 98 valence electrons. The van der Waals surface area contributed by atoms with E-state index in [9.17, 15) is 9.59 Å². The van der Waals surface area contributed by atoms with Crippen LogP contribution in [0.1, 0.15) is 4.88 Å². The van der Waals surface area contributed by atoms with Crippen LogP contribution in [0.25, 0.3) is 0 Å². The highest BCUT2D eigenvalue weighted by atomic mass is 35.5. The Morgan fingerprint density at radius 2 is 2.33 bits per heavy atom. The Kier molecular flexibility index (Phi) is 4.53. The van der Waals surface area contributed by atoms with Gasteiger partial charge in [0.1, 0.15) is 6.54 Å². The van der Waals surface area contributed by atoms with Crippen LogP contribution in [0.15, 0.2) is 12.1 Å². The van der Waals surface area contributed by atoms with Crippen LogP contribution in [-0.4, -0.2) is 46.8 Å². The van der Waals surface area contributed by atoms with E-state index in [0.717, 1.165) is 9.21 Å². The monoisotopic (exact) mass is 304 g/mol. The third-order valence-corrected chi connectivity index (χ3v) is 4.76. The number of carbonyl (C=O) groups excluding carboxylic acids is 2. The van der Waals surface area contributed by atoms with Crippen molar-refractivity contribution in [1.82, 2.24) is 9.80 Å². The van der Waals surface area contributed by atoms with E-state index >= 15 is 0 Å². The van der Waals surface area contributed by atoms with Crippen molar-refractivity contribution in [2.75, 3.05) is 25.2 Å². The standard InChI is InChI=1S/C11H13ClN2O2S2/c1-13(4-8-2-3-9(12)18-8)10(15)5-14-7-17-6-11(14)16/h2-3H,4-7H2,1H3. The summed E-state index contributed by atoms with van der Waals surface area (Å²) in [6, 6.07) is 3.73. The van der Waals surface area contributed by atoms with Gasteiger partial charge in [0.05, 0.1) is 22.5 Å². The molecule has 0 unspecified atom stereocenters. The van der Waals surface area contributed by atoms with Gasteiger partial charge in [-0.3, -0.25) is 9.59 Å². The van der Waals surface area contributed by atoms with Gasteiger partial charge in [0, 0.05) is 11.9 Å². The third-order valence-electron chi connectivity index (χ3n) is 2.60. The zero-order valence-corrected chi connectivity index (χ0v) is 12.3. The van der Waals surface area contributed by atoms with Gasteiger partial charge < -0.3 is 9.80 Å². The average molecular weight is 305 g/mol. The summed E-state index contributed by atoms with van der Waals surface area (Å²) < 4.78 is 0.719. The van der Waals surface area contributed by atoms with Crippen LogP contribution in [-0.2, 0) is 16.1 Å². The van der Waals surface area contributed by atoms with Crippen molar-refractivity contribution in [3.05, 3.63) is 21.3 Å². The zero-order chi connectivity index (χ0) is 13.1. The lowest BCUT2D eigenvalue weighted by Gasteiger charge is -2.20. The molecule has 0 N–H and O–H groups in total. The van der Waals surface area contributed by atoms with Crippen LogP contribution in [0, 0.1) is 0 Å². The molecule has 4 nitrogen and oxygen atoms in total. The van der Waals surface area contributed by atoms with E-state index in [4.69, 9.17) is 11.6 Å². The molecule has 2 rings (SSSR count). The summed E-state index contributed by atoms with van der Waals surface area (Å²) in [5, 5.41) is 0. The first-order valence-corrected chi connectivity index (χ1v) is 7.75. The second-order valence-electron chi connectivity index (χ2n) is 4.02. The highest BCUT2D eigenvalue weighted by Crippen LogP contribution is 2.22. The Labute approximate surface area is 119 Å². The molecule has 0 aromatic carbocycles. The normalized spacial score (nSPS) is 15.2. The average Bonchev–Trinajstić information content (AvgIpc) is 2.89. The fraction of sp³-hybridized carbons (Fsp3) is 0.455. The number of likely N-dealkylation sites (N-methyl/N-ethyl adjacent to an activating group) is 1. The molecule has 18 heavy (non-hydrogen) atoms. The molecule has 0 bridgehead atoms. The summed E-state index contributed by atoms with van der Waals surface area (Å²) in [5.74, 6) is 1.09. The molecule has 2 heterocycles. The molecule has 0 radical (unpaired) electrons. The van der Waals surface area contributed by atoms with E-state index in [1.165, 1.54) is 11.3 Å². The van der Waals surface area contributed by atoms with Crippen molar-refractivity contribution < 1.29 is 9.59 Å². The Morgan fingerprint density at radius 1 is 1.56 bits per heavy atom. The number of amides is 2. The van der Waals surface area contributed by atoms with Crippen LogP contribution in [0.5, 0.6) is 0 Å². The fourth-order valence-electron chi connectivity index (χ4n) is 1.58. The van der Waals surface area contributed by atoms with E-state index in [2.05, 4.69) is 0 Å². The maximum atomic E-state index is 12.0. The molecule has 0 aliphatic carbocycles. The van der Waals surface area contributed by atoms with Gasteiger partial charge in [-0.25, -0.2) is 0 Å².